The van der Waals surface area contributed by atoms with Crippen molar-refractivity contribution in [1.29, 1.82) is 0 Å². The van der Waals surface area contributed by atoms with Gasteiger partial charge in [0.15, 0.2) is 0 Å². The second-order valence-electron chi connectivity index (χ2n) is 4.46. The van der Waals surface area contributed by atoms with Crippen molar-refractivity contribution >= 4 is 5.57 Å². The highest BCUT2D eigenvalue weighted by atomic mass is 14.0. The van der Waals surface area contributed by atoms with Gasteiger partial charge in [-0.2, -0.15) is 0 Å². The van der Waals surface area contributed by atoms with E-state index in [4.69, 9.17) is 0 Å². The fourth-order valence-electron chi connectivity index (χ4n) is 1.61. The molecule has 0 aliphatic carbocycles. The van der Waals surface area contributed by atoms with Crippen molar-refractivity contribution in [3.05, 3.63) is 77.4 Å². The highest BCUT2D eigenvalue weighted by Gasteiger charge is 1.94. The zero-order valence-corrected chi connectivity index (χ0v) is 10.8. The van der Waals surface area contributed by atoms with E-state index in [1.807, 2.05) is 12.1 Å². The Morgan fingerprint density at radius 2 is 1.33 bits per heavy atom. The molecule has 0 heteroatoms. The fourth-order valence-corrected chi connectivity index (χ4v) is 1.61. The third kappa shape index (κ3) is 3.12. The van der Waals surface area contributed by atoms with Crippen LogP contribution < -0.4 is 0 Å². The molecule has 0 radical (unpaired) electrons. The summed E-state index contributed by atoms with van der Waals surface area (Å²) in [6.07, 6.45) is 0. The van der Waals surface area contributed by atoms with Gasteiger partial charge in [0.1, 0.15) is 0 Å². The molecule has 0 heterocycles. The van der Waals surface area contributed by atoms with Crippen molar-refractivity contribution in [2.45, 2.75) is 13.8 Å². The van der Waals surface area contributed by atoms with Crippen LogP contribution in [0.3, 0.4) is 0 Å². The van der Waals surface area contributed by atoms with Gasteiger partial charge >= 0.3 is 0 Å². The first-order chi connectivity index (χ1) is 8.65. The predicted molar refractivity (Wildman–Crippen MR) is 78.3 cm³/mol. The molecule has 0 N–H and O–H groups in total. The van der Waals surface area contributed by atoms with Crippen LogP contribution in [0, 0.1) is 25.7 Å². The smallest absolute Gasteiger partial charge is 0.0249 e. The van der Waals surface area contributed by atoms with Crippen LogP contribution in [0.4, 0.5) is 0 Å². The van der Waals surface area contributed by atoms with Crippen LogP contribution in [0.5, 0.6) is 0 Å². The molecule has 88 valence electrons. The van der Waals surface area contributed by atoms with Crippen LogP contribution in [-0.4, -0.2) is 0 Å². The van der Waals surface area contributed by atoms with Gasteiger partial charge in [0.05, 0.1) is 0 Å². The Bertz CT molecular complexity index is 602. The highest BCUT2D eigenvalue weighted by Crippen LogP contribution is 2.12. The molecule has 2 aromatic carbocycles. The maximum absolute atomic E-state index is 4.01. The molecule has 2 aromatic rings. The Morgan fingerprint density at radius 1 is 0.833 bits per heavy atom. The summed E-state index contributed by atoms with van der Waals surface area (Å²) in [7, 11) is 0. The van der Waals surface area contributed by atoms with Crippen molar-refractivity contribution in [1.82, 2.24) is 0 Å². The highest BCUT2D eigenvalue weighted by molar-refractivity contribution is 5.77. The first kappa shape index (κ1) is 12.2. The summed E-state index contributed by atoms with van der Waals surface area (Å²) in [4.78, 5) is 0. The molecule has 0 spiro atoms. The van der Waals surface area contributed by atoms with Crippen LogP contribution >= 0.6 is 0 Å². The molecule has 0 aliphatic heterocycles. The topological polar surface area (TPSA) is 0 Å². The molecule has 0 bridgehead atoms. The van der Waals surface area contributed by atoms with E-state index >= 15 is 0 Å². The average molecular weight is 232 g/mol. The van der Waals surface area contributed by atoms with Crippen LogP contribution in [0.2, 0.25) is 0 Å². The van der Waals surface area contributed by atoms with E-state index in [1.54, 1.807) is 0 Å². The van der Waals surface area contributed by atoms with E-state index < -0.39 is 0 Å². The summed E-state index contributed by atoms with van der Waals surface area (Å²) < 4.78 is 0. The molecule has 0 aromatic heterocycles. The van der Waals surface area contributed by atoms with Gasteiger partial charge in [-0.3, -0.25) is 0 Å². The van der Waals surface area contributed by atoms with Crippen LogP contribution in [0.1, 0.15) is 22.3 Å². The second kappa shape index (κ2) is 5.38. The summed E-state index contributed by atoms with van der Waals surface area (Å²) in [5.41, 5.74) is 5.46. The molecule has 2 rings (SSSR count). The van der Waals surface area contributed by atoms with Gasteiger partial charge in [0, 0.05) is 11.1 Å². The largest absolute Gasteiger partial charge is 0.0827 e. The van der Waals surface area contributed by atoms with Gasteiger partial charge in [-0.15, -0.1) is 0 Å². The molecule has 0 aliphatic rings. The normalized spacial score (nSPS) is 9.44. The molecular weight excluding hydrogens is 216 g/mol. The van der Waals surface area contributed by atoms with Crippen LogP contribution in [-0.2, 0) is 0 Å². The van der Waals surface area contributed by atoms with Gasteiger partial charge in [-0.25, -0.2) is 0 Å². The molecule has 0 saturated heterocycles. The van der Waals surface area contributed by atoms with Crippen LogP contribution in [0.25, 0.3) is 5.57 Å². The monoisotopic (exact) mass is 232 g/mol. The maximum Gasteiger partial charge on any atom is 0.0249 e. The fraction of sp³-hybridized carbons (Fsp3) is 0.111. The lowest BCUT2D eigenvalue weighted by atomic mass is 10.1. The van der Waals surface area contributed by atoms with E-state index in [-0.39, 0.29) is 0 Å². The first-order valence-corrected chi connectivity index (χ1v) is 6.00. The number of rotatable bonds is 1. The van der Waals surface area contributed by atoms with Crippen molar-refractivity contribution in [2.75, 3.05) is 0 Å². The summed E-state index contributed by atoms with van der Waals surface area (Å²) in [5.74, 6) is 6.24. The molecule has 0 fully saturated rings. The number of hydrogen-bond donors (Lipinski definition) is 0. The van der Waals surface area contributed by atoms with Gasteiger partial charge in [-0.05, 0) is 31.5 Å². The van der Waals surface area contributed by atoms with E-state index in [0.29, 0.717) is 0 Å². The molecule has 0 amide bonds. The molecule has 0 atom stereocenters. The Kier molecular flexibility index (Phi) is 3.65. The van der Waals surface area contributed by atoms with Crippen molar-refractivity contribution in [3.8, 4) is 11.8 Å². The Morgan fingerprint density at radius 3 is 1.89 bits per heavy atom. The van der Waals surface area contributed by atoms with Gasteiger partial charge in [-0.1, -0.05) is 65.9 Å². The Hall–Kier alpha value is -2.26. The third-order valence-corrected chi connectivity index (χ3v) is 2.81. The molecular formula is C18H16. The summed E-state index contributed by atoms with van der Waals surface area (Å²) in [6, 6.07) is 16.5. The van der Waals surface area contributed by atoms with Crippen molar-refractivity contribution in [3.63, 3.8) is 0 Å². The van der Waals surface area contributed by atoms with Crippen molar-refractivity contribution < 1.29 is 0 Å². The number of benzene rings is 2. The zero-order valence-electron chi connectivity index (χ0n) is 10.8. The molecule has 0 saturated carbocycles. The van der Waals surface area contributed by atoms with Crippen LogP contribution in [0.15, 0.2) is 55.1 Å². The first-order valence-electron chi connectivity index (χ1n) is 6.00. The Labute approximate surface area is 109 Å². The summed E-state index contributed by atoms with van der Waals surface area (Å²) in [5, 5.41) is 0. The van der Waals surface area contributed by atoms with E-state index in [2.05, 4.69) is 68.7 Å². The number of hydrogen-bond acceptors (Lipinski definition) is 0. The predicted octanol–water partition coefficient (Wildman–Crippen LogP) is 4.37. The third-order valence-electron chi connectivity index (χ3n) is 2.81. The maximum atomic E-state index is 4.01. The minimum Gasteiger partial charge on any atom is -0.0827 e. The second-order valence-corrected chi connectivity index (χ2v) is 4.46. The SMILES string of the molecule is C=C(C#Cc1ccc(C)cc1)c1ccc(C)cc1. The standard InChI is InChI=1S/C18H16/c1-14-4-9-17(10-5-14)11-8-16(3)18-12-6-15(2)7-13-18/h4-7,9-10,12-13H,3H2,1-2H3. The quantitative estimate of drug-likeness (QED) is 0.640. The average Bonchev–Trinajstić information content (AvgIpc) is 2.38. The van der Waals surface area contributed by atoms with E-state index in [0.717, 1.165) is 16.7 Å². The van der Waals surface area contributed by atoms with Crippen molar-refractivity contribution in [2.24, 2.45) is 0 Å². The van der Waals surface area contributed by atoms with E-state index in [9.17, 15) is 0 Å². The summed E-state index contributed by atoms with van der Waals surface area (Å²) >= 11 is 0. The number of allylic oxidation sites excluding steroid dienone is 1. The minimum absolute atomic E-state index is 0.857. The van der Waals surface area contributed by atoms with Gasteiger partial charge in [0.2, 0.25) is 0 Å². The van der Waals surface area contributed by atoms with Gasteiger partial charge in [0.25, 0.3) is 0 Å². The Balaban J connectivity index is 2.17. The minimum atomic E-state index is 0.857. The lowest BCUT2D eigenvalue weighted by molar-refractivity contribution is 1.46. The summed E-state index contributed by atoms with van der Waals surface area (Å²) in [6.45, 7) is 8.16. The lowest BCUT2D eigenvalue weighted by Gasteiger charge is -1.98. The molecule has 0 unspecified atom stereocenters. The van der Waals surface area contributed by atoms with E-state index in [1.165, 1.54) is 11.1 Å². The number of aryl methyl sites for hydroxylation is 2. The molecule has 0 nitrogen and oxygen atoms in total. The zero-order chi connectivity index (χ0) is 13.0. The lowest BCUT2D eigenvalue weighted by Crippen LogP contribution is -1.81. The molecule has 18 heavy (non-hydrogen) atoms. The van der Waals surface area contributed by atoms with Gasteiger partial charge < -0.3 is 0 Å².